The Hall–Kier alpha value is -8.68. The molecule has 4 aromatic rings. The Morgan fingerprint density at radius 2 is 1.23 bits per heavy atom. The summed E-state index contributed by atoms with van der Waals surface area (Å²) in [6.45, 7) is 12.1. The number of aryl methyl sites for hydroxylation is 3. The minimum atomic E-state index is -4.41. The van der Waals surface area contributed by atoms with Gasteiger partial charge in [-0.05, 0) is 87.4 Å². The summed E-state index contributed by atoms with van der Waals surface area (Å²) in [7, 11) is -1.26. The fourth-order valence-electron chi connectivity index (χ4n) is 10.3. The number of nitrogens with one attached hydrogen (secondary N) is 8. The van der Waals surface area contributed by atoms with Crippen LogP contribution in [0.1, 0.15) is 79.4 Å². The molecule has 3 heterocycles. The van der Waals surface area contributed by atoms with E-state index in [4.69, 9.17) is 18.9 Å². The number of aromatic amines is 1. The zero-order valence-electron chi connectivity index (χ0n) is 57.2. The number of hydrogen-bond acceptors (Lipinski definition) is 22. The normalized spacial score (nSPS) is 14.2. The molecular formula is C64H98N14O20S. The third-order valence-electron chi connectivity index (χ3n) is 15.2. The lowest BCUT2D eigenvalue weighted by Crippen LogP contribution is -2.52. The molecule has 34 nitrogen and oxygen atoms in total. The van der Waals surface area contributed by atoms with Crippen LogP contribution in [0.2, 0.25) is 0 Å². The van der Waals surface area contributed by atoms with Gasteiger partial charge in [0.25, 0.3) is 5.91 Å². The van der Waals surface area contributed by atoms with Gasteiger partial charge in [0.15, 0.2) is 5.95 Å². The summed E-state index contributed by atoms with van der Waals surface area (Å²) in [6, 6.07) is 5.49. The van der Waals surface area contributed by atoms with Gasteiger partial charge < -0.3 is 80.8 Å². The molecule has 550 valence electrons. The summed E-state index contributed by atoms with van der Waals surface area (Å²) in [5.74, 6) is -5.85. The maximum absolute atomic E-state index is 13.5. The smallest absolute Gasteiger partial charge is 0.323 e. The van der Waals surface area contributed by atoms with Crippen molar-refractivity contribution in [3.8, 4) is 5.75 Å². The highest BCUT2D eigenvalue weighted by molar-refractivity contribution is 7.89. The van der Waals surface area contributed by atoms with Crippen molar-refractivity contribution in [2.75, 3.05) is 157 Å². The molecule has 0 saturated carbocycles. The Kier molecular flexibility index (Phi) is 37.1. The van der Waals surface area contributed by atoms with Gasteiger partial charge in [0.1, 0.15) is 23.4 Å². The van der Waals surface area contributed by atoms with Crippen LogP contribution in [-0.4, -0.2) is 280 Å². The van der Waals surface area contributed by atoms with Crippen LogP contribution in [-0.2, 0) is 76.2 Å². The van der Waals surface area contributed by atoms with Crippen LogP contribution in [0.5, 0.6) is 5.75 Å². The van der Waals surface area contributed by atoms with E-state index in [0.717, 1.165) is 18.6 Å². The molecule has 5 rings (SSSR count). The number of sulfonamides is 1. The number of nitrogens with zero attached hydrogens (tertiary/aromatic N) is 6. The molecule has 5 amide bonds. The second-order valence-corrected chi connectivity index (χ2v) is 24.9. The van der Waals surface area contributed by atoms with E-state index in [2.05, 4.69) is 46.6 Å². The second kappa shape index (κ2) is 44.4. The number of carbonyl (C=O) groups is 9. The van der Waals surface area contributed by atoms with Gasteiger partial charge in [-0.2, -0.15) is 4.72 Å². The molecule has 2 atom stereocenters. The van der Waals surface area contributed by atoms with Crippen molar-refractivity contribution in [3.05, 3.63) is 81.4 Å². The van der Waals surface area contributed by atoms with Crippen molar-refractivity contribution in [1.82, 2.24) is 65.4 Å². The highest BCUT2D eigenvalue weighted by atomic mass is 32.2. The molecule has 2 aromatic heterocycles. The standard InChI is InChI=1S/C40H55N7O11S.C24H43N7O9/c1-5-14-55-17-19-57-20-18-56-15-7-11-41-35(48)8-6-16-58-30-21-27(2)37(28(3)22-30)59(53,54)46-33(39(51)52)25-44-38(50)32-26-47(4)34-23-29(9-10-31(34)36(32)49)24-45-40-42-12-13-43-40;1-3-26-24(40)18(4-5-19(32)25-2)27-20(33)14-28-6-8-29(15-21(34)35)10-12-31(17-23(38)39)13-11-30(9-7-28)16-22(36)37/h9-10,12-13,21-23,26,33,46H,5-8,11,14-20,24-25H2,1-4H3,(H,41,48)(H,44,50)(H,51,52)(H2,42,43,45);18H,3-17H2,1-2H3,(H,25,32)(H,26,40)(H,27,33)(H,34,35)(H,36,37)(H,38,39)/t;18-/m.1/s1. The first-order chi connectivity index (χ1) is 47.2. The largest absolute Gasteiger partial charge is 0.494 e. The maximum atomic E-state index is 13.5. The quantitative estimate of drug-likeness (QED) is 0.0247. The molecule has 1 aliphatic rings. The summed E-state index contributed by atoms with van der Waals surface area (Å²) >= 11 is 0. The molecular weight excluding hydrogens is 1320 g/mol. The predicted octanol–water partition coefficient (Wildman–Crippen LogP) is -0.614. The first-order valence-electron chi connectivity index (χ1n) is 32.7. The number of likely N-dealkylation sites (N-methyl/N-ethyl adjacent to an activating group) is 1. The summed E-state index contributed by atoms with van der Waals surface area (Å²) in [4.78, 5) is 136. The first kappa shape index (κ1) is 82.7. The molecule has 0 spiro atoms. The molecule has 35 heteroatoms. The third kappa shape index (κ3) is 31.4. The number of aromatic nitrogens is 3. The topological polar surface area (TPSA) is 453 Å². The first-order valence-corrected chi connectivity index (χ1v) is 34.2. The fraction of sp³-hybridized carbons (Fsp3) is 0.578. The number of H-pyrrole nitrogens is 1. The summed E-state index contributed by atoms with van der Waals surface area (Å²) in [6.07, 6.45) is 7.08. The van der Waals surface area contributed by atoms with Crippen molar-refractivity contribution in [2.45, 2.75) is 89.7 Å². The van der Waals surface area contributed by atoms with Crippen LogP contribution < -0.4 is 46.8 Å². The molecule has 0 radical (unpaired) electrons. The Bertz CT molecular complexity index is 3390. The van der Waals surface area contributed by atoms with Crippen LogP contribution in [0, 0.1) is 13.8 Å². The highest BCUT2D eigenvalue weighted by Crippen LogP contribution is 2.26. The predicted molar refractivity (Wildman–Crippen MR) is 363 cm³/mol. The number of anilines is 1. The second-order valence-electron chi connectivity index (χ2n) is 23.2. The SMILES string of the molecule is CCCOCCOCCOCCCNC(=O)CCCOc1cc(C)c(S(=O)(=O)NC(CNC(=O)c2cn(C)c3cc(CNc4ncc[nH]4)ccc3c2=O)C(=O)O)c(C)c1.CCNC(=O)[C@@H](CCC(=O)NC)NC(=O)CN1CCN(CC(=O)O)CCN(CC(=O)O)CCN(CC(=O)O)CC1. The molecule has 1 fully saturated rings. The Labute approximate surface area is 575 Å². The van der Waals surface area contributed by atoms with E-state index in [1.54, 1.807) is 82.6 Å². The van der Waals surface area contributed by atoms with Gasteiger partial charge in [-0.25, -0.2) is 13.4 Å². The number of pyridine rings is 1. The van der Waals surface area contributed by atoms with Gasteiger partial charge in [0, 0.05) is 143 Å². The number of amides is 5. The van der Waals surface area contributed by atoms with E-state index in [0.29, 0.717) is 93.9 Å². The van der Waals surface area contributed by atoms with Gasteiger partial charge in [-0.15, -0.1) is 0 Å². The monoisotopic (exact) mass is 1410 g/mol. The average molecular weight is 1420 g/mol. The molecule has 0 aliphatic carbocycles. The average Bonchev–Trinajstić information content (AvgIpc) is 0.815. The molecule has 99 heavy (non-hydrogen) atoms. The van der Waals surface area contributed by atoms with Crippen molar-refractivity contribution < 1.29 is 90.9 Å². The van der Waals surface area contributed by atoms with E-state index in [-0.39, 0.29) is 132 Å². The number of fused-ring (bicyclic) bond motifs is 1. The molecule has 1 unspecified atom stereocenters. The van der Waals surface area contributed by atoms with Crippen molar-refractivity contribution in [3.63, 3.8) is 0 Å². The number of benzene rings is 2. The van der Waals surface area contributed by atoms with Gasteiger partial charge in [-0.3, -0.25) is 67.5 Å². The van der Waals surface area contributed by atoms with E-state index >= 15 is 0 Å². The minimum absolute atomic E-state index is 0.0372. The number of aliphatic carboxylic acids is 4. The Morgan fingerprint density at radius 1 is 0.667 bits per heavy atom. The van der Waals surface area contributed by atoms with E-state index in [9.17, 15) is 76.8 Å². The molecule has 12 N–H and O–H groups in total. The number of imidazole rings is 1. The van der Waals surface area contributed by atoms with Crippen molar-refractivity contribution in [2.24, 2.45) is 7.05 Å². The highest BCUT2D eigenvalue weighted by Gasteiger charge is 2.30. The van der Waals surface area contributed by atoms with Crippen LogP contribution >= 0.6 is 0 Å². The maximum Gasteiger partial charge on any atom is 0.323 e. The lowest BCUT2D eigenvalue weighted by Gasteiger charge is -2.33. The number of rotatable bonds is 41. The lowest BCUT2D eigenvalue weighted by molar-refractivity contribution is -0.140. The third-order valence-corrected chi connectivity index (χ3v) is 17.0. The van der Waals surface area contributed by atoms with Crippen molar-refractivity contribution >= 4 is 80.3 Å². The number of ether oxygens (including phenoxy) is 4. The summed E-state index contributed by atoms with van der Waals surface area (Å²) < 4.78 is 52.9. The van der Waals surface area contributed by atoms with E-state index < -0.39 is 75.7 Å². The molecule has 1 aliphatic heterocycles. The number of carboxylic acids is 4. The van der Waals surface area contributed by atoms with Crippen LogP contribution in [0.4, 0.5) is 5.95 Å². The summed E-state index contributed by atoms with van der Waals surface area (Å²) in [5.41, 5.74) is 1.23. The fourth-order valence-corrected chi connectivity index (χ4v) is 11.9. The summed E-state index contributed by atoms with van der Waals surface area (Å²) in [5, 5.41) is 54.3. The number of carbonyl (C=O) groups excluding carboxylic acids is 5. The van der Waals surface area contributed by atoms with Crippen LogP contribution in [0.3, 0.4) is 0 Å². The zero-order chi connectivity index (χ0) is 72.9. The van der Waals surface area contributed by atoms with Gasteiger partial charge >= 0.3 is 23.9 Å². The Balaban J connectivity index is 0.000000455. The van der Waals surface area contributed by atoms with Crippen LogP contribution in [0.25, 0.3) is 10.9 Å². The molecule has 0 bridgehead atoms. The van der Waals surface area contributed by atoms with E-state index in [1.165, 1.54) is 25.4 Å². The van der Waals surface area contributed by atoms with Gasteiger partial charge in [-0.1, -0.05) is 13.0 Å². The minimum Gasteiger partial charge on any atom is -0.494 e. The van der Waals surface area contributed by atoms with Gasteiger partial charge in [0.05, 0.1) is 69.6 Å². The zero-order valence-corrected chi connectivity index (χ0v) is 58.0. The van der Waals surface area contributed by atoms with Gasteiger partial charge in [0.2, 0.25) is 39.1 Å². The van der Waals surface area contributed by atoms with Crippen LogP contribution in [0.15, 0.2) is 58.6 Å². The molecule has 1 saturated heterocycles. The lowest BCUT2D eigenvalue weighted by atomic mass is 10.1. The molecule has 2 aromatic carbocycles. The Morgan fingerprint density at radius 3 is 1.76 bits per heavy atom. The van der Waals surface area contributed by atoms with E-state index in [1.807, 2.05) is 6.92 Å². The number of carboxylic acid groups (broad SMARTS) is 4. The van der Waals surface area contributed by atoms with Crippen molar-refractivity contribution in [1.29, 1.82) is 0 Å². The number of hydrogen-bond donors (Lipinski definition) is 12.